The van der Waals surface area contributed by atoms with E-state index in [1.807, 2.05) is 13.8 Å². The molecule has 0 aliphatic carbocycles. The van der Waals surface area contributed by atoms with E-state index in [9.17, 15) is 9.59 Å². The van der Waals surface area contributed by atoms with Gasteiger partial charge < -0.3 is 17.7 Å². The normalized spacial score (nSPS) is 11.3. The van der Waals surface area contributed by atoms with E-state index in [1.54, 1.807) is 0 Å². The van der Waals surface area contributed by atoms with Crippen LogP contribution in [0, 0.1) is 5.92 Å². The first-order valence-corrected chi connectivity index (χ1v) is 5.77. The number of carbonyl (C=O) groups excluding carboxylic acids is 2. The fourth-order valence-corrected chi connectivity index (χ4v) is 1.47. The number of rotatable bonds is 7. The highest BCUT2D eigenvalue weighted by Gasteiger charge is 2.21. The molecule has 0 aliphatic rings. The molecule has 18 heavy (non-hydrogen) atoms. The predicted octanol–water partition coefficient (Wildman–Crippen LogP) is -5.15. The first-order valence-electron chi connectivity index (χ1n) is 5.77. The van der Waals surface area contributed by atoms with Crippen LogP contribution in [0.25, 0.3) is 0 Å². The highest BCUT2D eigenvalue weighted by Crippen LogP contribution is 2.05. The maximum absolute atomic E-state index is 11.8. The number of nitrogens with two attached hydrogens (primary N) is 2. The Morgan fingerprint density at radius 1 is 1.28 bits per heavy atom. The molecule has 0 spiro atoms. The van der Waals surface area contributed by atoms with E-state index in [4.69, 9.17) is 11.5 Å². The van der Waals surface area contributed by atoms with Gasteiger partial charge in [-0.15, -0.1) is 0 Å². The van der Waals surface area contributed by atoms with Crippen LogP contribution in [0.1, 0.15) is 33.6 Å². The Kier molecular flexibility index (Phi) is 10.3. The van der Waals surface area contributed by atoms with Crippen LogP contribution in [0.4, 0.5) is 0 Å². The Hall–Kier alpha value is -1.30. The number of nitrogens with one attached hydrogen (secondary N) is 2. The van der Waals surface area contributed by atoms with Gasteiger partial charge in [-0.3, -0.25) is 26.0 Å². The standard InChI is InChI=1S/C11H22N4O2.ClH/c1-7(2)10(17)9(15-8(3)16)5-4-6-14-11(12)13;/h7,9H,4-6H2,1-3H3,(H,15,16)(H4,12,13,14);1H/t9-;/m0./s1. The second kappa shape index (κ2) is 9.70. The van der Waals surface area contributed by atoms with Gasteiger partial charge in [-0.1, -0.05) is 13.8 Å². The van der Waals surface area contributed by atoms with Crippen LogP contribution in [0.2, 0.25) is 0 Å². The Morgan fingerprint density at radius 3 is 2.22 bits per heavy atom. The van der Waals surface area contributed by atoms with Gasteiger partial charge in [0, 0.05) is 12.8 Å². The molecule has 0 aromatic carbocycles. The van der Waals surface area contributed by atoms with Crippen molar-refractivity contribution in [1.82, 2.24) is 5.32 Å². The number of hydrogen-bond donors (Lipinski definition) is 4. The topological polar surface area (TPSA) is 112 Å². The van der Waals surface area contributed by atoms with E-state index in [1.165, 1.54) is 6.92 Å². The molecule has 0 unspecified atom stereocenters. The molecule has 0 saturated heterocycles. The largest absolute Gasteiger partial charge is 1.00 e. The third kappa shape index (κ3) is 8.81. The Balaban J connectivity index is 0. The second-order valence-corrected chi connectivity index (χ2v) is 4.33. The number of ketones is 1. The summed E-state index contributed by atoms with van der Waals surface area (Å²) in [5, 5.41) is 2.66. The van der Waals surface area contributed by atoms with Gasteiger partial charge >= 0.3 is 5.96 Å². The van der Waals surface area contributed by atoms with Gasteiger partial charge in [0.25, 0.3) is 0 Å². The van der Waals surface area contributed by atoms with Crippen molar-refractivity contribution >= 4 is 17.6 Å². The Labute approximate surface area is 114 Å². The molecule has 0 rings (SSSR count). The lowest BCUT2D eigenvalue weighted by molar-refractivity contribution is -0.459. The van der Waals surface area contributed by atoms with Crippen LogP contribution < -0.4 is 34.2 Å². The van der Waals surface area contributed by atoms with Crippen LogP contribution in [0.15, 0.2) is 0 Å². The summed E-state index contributed by atoms with van der Waals surface area (Å²) in [4.78, 5) is 25.6. The summed E-state index contributed by atoms with van der Waals surface area (Å²) in [5.74, 6) is -0.0750. The van der Waals surface area contributed by atoms with Gasteiger partial charge in [0.1, 0.15) is 0 Å². The molecule has 1 atom stereocenters. The number of hydrogen-bond acceptors (Lipinski definition) is 2. The molecule has 6 nitrogen and oxygen atoms in total. The molecule has 106 valence electrons. The molecule has 0 heterocycles. The first kappa shape index (κ1) is 19.0. The maximum Gasteiger partial charge on any atom is 0.338 e. The molecule has 0 radical (unpaired) electrons. The lowest BCUT2D eigenvalue weighted by atomic mass is 9.98. The fourth-order valence-electron chi connectivity index (χ4n) is 1.47. The number of Topliss-reactive ketones (excluding diaryl/α,β-unsaturated/α-hetero) is 1. The van der Waals surface area contributed by atoms with Gasteiger partial charge in [0.2, 0.25) is 5.91 Å². The minimum absolute atomic E-state index is 0. The summed E-state index contributed by atoms with van der Waals surface area (Å²) in [6, 6.07) is -0.423. The van der Waals surface area contributed by atoms with E-state index < -0.39 is 6.04 Å². The van der Waals surface area contributed by atoms with Crippen LogP contribution >= 0.6 is 0 Å². The second-order valence-electron chi connectivity index (χ2n) is 4.33. The van der Waals surface area contributed by atoms with Gasteiger partial charge in [0.15, 0.2) is 5.78 Å². The molecule has 6 N–H and O–H groups in total. The maximum atomic E-state index is 11.8. The van der Waals surface area contributed by atoms with E-state index in [0.29, 0.717) is 19.4 Å². The molecular formula is C11H23ClN4O2. The van der Waals surface area contributed by atoms with Crippen molar-refractivity contribution in [3.8, 4) is 0 Å². The summed E-state index contributed by atoms with van der Waals surface area (Å²) in [6.45, 7) is 5.64. The van der Waals surface area contributed by atoms with Gasteiger partial charge in [-0.2, -0.15) is 0 Å². The van der Waals surface area contributed by atoms with Crippen LogP contribution in [0.5, 0.6) is 0 Å². The van der Waals surface area contributed by atoms with Gasteiger partial charge in [-0.25, -0.2) is 0 Å². The van der Waals surface area contributed by atoms with Crippen molar-refractivity contribution in [3.63, 3.8) is 0 Å². The molecular weight excluding hydrogens is 256 g/mol. The summed E-state index contributed by atoms with van der Waals surface area (Å²) in [5.41, 5.74) is 10.5. The SMILES string of the molecule is CC(=O)N[C@@H](CCC[NH+]=C(N)N)C(=O)C(C)C.[Cl-]. The van der Waals surface area contributed by atoms with Crippen molar-refractivity contribution in [1.29, 1.82) is 0 Å². The first-order chi connectivity index (χ1) is 7.84. The van der Waals surface area contributed by atoms with Crippen LogP contribution in [-0.4, -0.2) is 30.2 Å². The number of guanidine groups is 1. The van der Waals surface area contributed by atoms with Gasteiger partial charge in [0.05, 0.1) is 12.6 Å². The molecule has 1 amide bonds. The van der Waals surface area contributed by atoms with Gasteiger partial charge in [-0.05, 0) is 12.8 Å². The zero-order valence-electron chi connectivity index (χ0n) is 11.1. The van der Waals surface area contributed by atoms with Crippen molar-refractivity contribution in [2.24, 2.45) is 17.4 Å². The smallest absolute Gasteiger partial charge is 0.338 e. The van der Waals surface area contributed by atoms with E-state index in [-0.39, 0.29) is 36.0 Å². The average molecular weight is 279 g/mol. The third-order valence-electron chi connectivity index (χ3n) is 2.29. The summed E-state index contributed by atoms with van der Waals surface area (Å²) in [7, 11) is 0. The zero-order chi connectivity index (χ0) is 13.4. The number of amides is 1. The quantitative estimate of drug-likeness (QED) is 0.212. The average Bonchev–Trinajstić information content (AvgIpc) is 2.20. The zero-order valence-corrected chi connectivity index (χ0v) is 11.9. The lowest BCUT2D eigenvalue weighted by Crippen LogP contribution is -3.00. The summed E-state index contributed by atoms with van der Waals surface area (Å²) < 4.78 is 0. The molecule has 0 aromatic heterocycles. The van der Waals surface area contributed by atoms with Crippen LogP contribution in [0.3, 0.4) is 0 Å². The van der Waals surface area contributed by atoms with Crippen molar-refractivity contribution in [2.45, 2.75) is 39.7 Å². The third-order valence-corrected chi connectivity index (χ3v) is 2.29. The monoisotopic (exact) mass is 278 g/mol. The van der Waals surface area contributed by atoms with Crippen molar-refractivity contribution < 1.29 is 27.0 Å². The minimum Gasteiger partial charge on any atom is -1.00 e. The Morgan fingerprint density at radius 2 is 1.83 bits per heavy atom. The minimum atomic E-state index is -0.423. The molecule has 0 saturated carbocycles. The Bertz CT molecular complexity index is 301. The predicted molar refractivity (Wildman–Crippen MR) is 65.9 cm³/mol. The summed E-state index contributed by atoms with van der Waals surface area (Å²) >= 11 is 0. The van der Waals surface area contributed by atoms with Crippen LogP contribution in [-0.2, 0) is 9.59 Å². The summed E-state index contributed by atoms with van der Waals surface area (Å²) in [6.07, 6.45) is 1.29. The van der Waals surface area contributed by atoms with E-state index in [0.717, 1.165) is 0 Å². The molecule has 0 aliphatic heterocycles. The molecule has 0 aromatic rings. The molecule has 7 heteroatoms. The number of halogens is 1. The lowest BCUT2D eigenvalue weighted by Gasteiger charge is -2.18. The van der Waals surface area contributed by atoms with E-state index >= 15 is 0 Å². The molecule has 0 fully saturated rings. The highest BCUT2D eigenvalue weighted by atomic mass is 35.5. The van der Waals surface area contributed by atoms with Crippen molar-refractivity contribution in [3.05, 3.63) is 0 Å². The van der Waals surface area contributed by atoms with E-state index in [2.05, 4.69) is 10.3 Å². The molecule has 0 bridgehead atoms. The fraction of sp³-hybridized carbons (Fsp3) is 0.727. The van der Waals surface area contributed by atoms with Crippen molar-refractivity contribution in [2.75, 3.05) is 6.54 Å². The highest BCUT2D eigenvalue weighted by molar-refractivity contribution is 5.89. The number of carbonyl (C=O) groups is 2.